The first-order chi connectivity index (χ1) is 23.3. The van der Waals surface area contributed by atoms with Crippen LogP contribution in [-0.4, -0.2) is 141 Å². The second kappa shape index (κ2) is 23.1. The molecular formula is C29H52N8O13. The van der Waals surface area contributed by atoms with Crippen LogP contribution in [0.25, 0.3) is 0 Å². The van der Waals surface area contributed by atoms with Crippen LogP contribution in [0, 0.1) is 5.92 Å². The fourth-order valence-corrected chi connectivity index (χ4v) is 4.27. The molecule has 0 aliphatic rings. The molecule has 0 radical (unpaired) electrons. The molecule has 0 aliphatic heterocycles. The molecular weight excluding hydrogens is 668 g/mol. The van der Waals surface area contributed by atoms with Gasteiger partial charge < -0.3 is 68.9 Å². The number of unbranched alkanes of at least 4 members (excludes halogenated alkanes) is 1. The molecule has 0 spiro atoms. The summed E-state index contributed by atoms with van der Waals surface area (Å²) in [5.74, 6) is -8.91. The molecule has 8 unspecified atom stereocenters. The third-order valence-corrected chi connectivity index (χ3v) is 7.08. The zero-order chi connectivity index (χ0) is 38.7. The maximum atomic E-state index is 13.4. The fourth-order valence-electron chi connectivity index (χ4n) is 4.27. The van der Waals surface area contributed by atoms with Crippen LogP contribution in [0.1, 0.15) is 59.8 Å². The van der Waals surface area contributed by atoms with Crippen molar-refractivity contribution in [2.75, 3.05) is 19.8 Å². The molecule has 0 aliphatic carbocycles. The number of aliphatic carboxylic acids is 2. The maximum Gasteiger partial charge on any atom is 0.328 e. The summed E-state index contributed by atoms with van der Waals surface area (Å²) < 4.78 is 0. The van der Waals surface area contributed by atoms with E-state index in [9.17, 15) is 48.6 Å². The van der Waals surface area contributed by atoms with Crippen LogP contribution in [0.4, 0.5) is 0 Å². The number of nitrogens with two attached hydrogens (primary N) is 2. The van der Waals surface area contributed by atoms with Crippen LogP contribution < -0.4 is 43.4 Å². The molecule has 21 nitrogen and oxygen atoms in total. The number of carboxylic acid groups (broad SMARTS) is 2. The Morgan fingerprint density at radius 3 is 1.60 bits per heavy atom. The minimum absolute atomic E-state index is 0.00124. The van der Waals surface area contributed by atoms with Gasteiger partial charge in [-0.25, -0.2) is 4.79 Å². The second-order valence-corrected chi connectivity index (χ2v) is 12.0. The van der Waals surface area contributed by atoms with E-state index in [0.29, 0.717) is 12.8 Å². The monoisotopic (exact) mass is 720 g/mol. The number of hydrogen-bond donors (Lipinski definition) is 13. The molecule has 0 aromatic carbocycles. The van der Waals surface area contributed by atoms with Gasteiger partial charge in [-0.2, -0.15) is 0 Å². The predicted octanol–water partition coefficient (Wildman–Crippen LogP) is -5.66. The van der Waals surface area contributed by atoms with Crippen molar-refractivity contribution in [2.45, 2.75) is 108 Å². The number of carbonyl (C=O) groups is 8. The van der Waals surface area contributed by atoms with Crippen LogP contribution in [0.5, 0.6) is 0 Å². The van der Waals surface area contributed by atoms with Gasteiger partial charge in [0.15, 0.2) is 0 Å². The Hall–Kier alpha value is -4.44. The molecule has 15 N–H and O–H groups in total. The molecule has 0 saturated carbocycles. The lowest BCUT2D eigenvalue weighted by Crippen LogP contribution is -2.61. The molecule has 8 atom stereocenters. The summed E-state index contributed by atoms with van der Waals surface area (Å²) in [6, 6.07) is -10.4. The lowest BCUT2D eigenvalue weighted by molar-refractivity contribution is -0.143. The number of rotatable bonds is 24. The summed E-state index contributed by atoms with van der Waals surface area (Å²) in [5, 5.41) is 60.6. The molecule has 286 valence electrons. The van der Waals surface area contributed by atoms with E-state index < -0.39 is 115 Å². The van der Waals surface area contributed by atoms with Crippen molar-refractivity contribution in [1.82, 2.24) is 31.9 Å². The average molecular weight is 721 g/mol. The molecule has 6 amide bonds. The van der Waals surface area contributed by atoms with Crippen molar-refractivity contribution < 1.29 is 63.9 Å². The van der Waals surface area contributed by atoms with Gasteiger partial charge >= 0.3 is 11.9 Å². The van der Waals surface area contributed by atoms with Crippen LogP contribution in [-0.2, 0) is 38.4 Å². The molecule has 0 saturated heterocycles. The molecule has 50 heavy (non-hydrogen) atoms. The summed E-state index contributed by atoms with van der Waals surface area (Å²) >= 11 is 0. The van der Waals surface area contributed by atoms with E-state index in [1.807, 2.05) is 0 Å². The van der Waals surface area contributed by atoms with Crippen molar-refractivity contribution in [3.05, 3.63) is 0 Å². The van der Waals surface area contributed by atoms with Crippen molar-refractivity contribution in [3.8, 4) is 0 Å². The van der Waals surface area contributed by atoms with Crippen LogP contribution in [0.3, 0.4) is 0 Å². The average Bonchev–Trinajstić information content (AvgIpc) is 3.02. The Labute approximate surface area is 288 Å². The number of aliphatic hydroxyl groups is 3. The first-order valence-electron chi connectivity index (χ1n) is 15.9. The SMILES string of the molecule is CC(C)CC(NC(=O)C(CCCCN)NC(=O)C(CO)NC(=O)C(NC(=O)C(N)CC(=O)O)C(C)O)C(=O)NC(C)C(=O)NC(CO)C(=O)O. The van der Waals surface area contributed by atoms with Gasteiger partial charge in [-0.1, -0.05) is 13.8 Å². The summed E-state index contributed by atoms with van der Waals surface area (Å²) in [6.07, 6.45) is -1.50. The zero-order valence-corrected chi connectivity index (χ0v) is 28.5. The predicted molar refractivity (Wildman–Crippen MR) is 173 cm³/mol. The highest BCUT2D eigenvalue weighted by molar-refractivity contribution is 5.97. The first kappa shape index (κ1) is 45.6. The number of nitrogens with one attached hydrogen (secondary N) is 6. The van der Waals surface area contributed by atoms with E-state index in [-0.39, 0.29) is 25.3 Å². The first-order valence-corrected chi connectivity index (χ1v) is 15.9. The van der Waals surface area contributed by atoms with Crippen LogP contribution >= 0.6 is 0 Å². The molecule has 0 bridgehead atoms. The van der Waals surface area contributed by atoms with Gasteiger partial charge in [-0.3, -0.25) is 33.6 Å². The smallest absolute Gasteiger partial charge is 0.328 e. The summed E-state index contributed by atoms with van der Waals surface area (Å²) in [5.41, 5.74) is 11.1. The van der Waals surface area contributed by atoms with Gasteiger partial charge in [-0.05, 0) is 52.0 Å². The van der Waals surface area contributed by atoms with Gasteiger partial charge in [0.1, 0.15) is 36.3 Å². The Morgan fingerprint density at radius 2 is 1.12 bits per heavy atom. The van der Waals surface area contributed by atoms with Gasteiger partial charge in [0.2, 0.25) is 35.4 Å². The summed E-state index contributed by atoms with van der Waals surface area (Å²) in [6.45, 7) is 4.24. The van der Waals surface area contributed by atoms with Crippen LogP contribution in [0.2, 0.25) is 0 Å². The van der Waals surface area contributed by atoms with Crippen molar-refractivity contribution in [2.24, 2.45) is 17.4 Å². The summed E-state index contributed by atoms with van der Waals surface area (Å²) in [4.78, 5) is 99.3. The lowest BCUT2D eigenvalue weighted by Gasteiger charge is -2.27. The Balaban J connectivity index is 5.89. The van der Waals surface area contributed by atoms with Gasteiger partial charge in [0.25, 0.3) is 0 Å². The van der Waals surface area contributed by atoms with Gasteiger partial charge in [0, 0.05) is 0 Å². The Morgan fingerprint density at radius 1 is 0.620 bits per heavy atom. The standard InChI is InChI=1S/C29H52N8O13/c1-13(2)9-18(26(46)32-14(3)23(43)36-20(12-39)29(49)50)34-25(45)17(7-5-6-8-30)33-27(47)19(11-38)35-28(48)22(15(4)40)37-24(44)16(31)10-21(41)42/h13-20,22,38-40H,5-12,30-31H2,1-4H3,(H,32,46)(H,33,47)(H,34,45)(H,35,48)(H,36,43)(H,37,44)(H,41,42)(H,49,50). The molecule has 21 heteroatoms. The quantitative estimate of drug-likeness (QED) is 0.0413. The van der Waals surface area contributed by atoms with E-state index in [1.54, 1.807) is 13.8 Å². The highest BCUT2D eigenvalue weighted by atomic mass is 16.4. The second-order valence-electron chi connectivity index (χ2n) is 12.0. The number of amides is 6. The Kier molecular flexibility index (Phi) is 21.0. The zero-order valence-electron chi connectivity index (χ0n) is 28.5. The molecule has 0 fully saturated rings. The number of hydrogen-bond acceptors (Lipinski definition) is 13. The molecule has 0 rings (SSSR count). The molecule has 0 heterocycles. The van der Waals surface area contributed by atoms with E-state index in [4.69, 9.17) is 26.8 Å². The van der Waals surface area contributed by atoms with Crippen molar-refractivity contribution >= 4 is 47.4 Å². The Bertz CT molecular complexity index is 1190. The minimum Gasteiger partial charge on any atom is -0.481 e. The molecule has 0 aromatic rings. The fraction of sp³-hybridized carbons (Fsp3) is 0.724. The van der Waals surface area contributed by atoms with Crippen LogP contribution in [0.15, 0.2) is 0 Å². The lowest BCUT2D eigenvalue weighted by atomic mass is 10.0. The van der Waals surface area contributed by atoms with E-state index in [2.05, 4.69) is 31.9 Å². The maximum absolute atomic E-state index is 13.4. The van der Waals surface area contributed by atoms with Crippen molar-refractivity contribution in [1.29, 1.82) is 0 Å². The van der Waals surface area contributed by atoms with E-state index in [0.717, 1.165) is 6.92 Å². The number of carboxylic acids is 2. The van der Waals surface area contributed by atoms with Gasteiger partial charge in [-0.15, -0.1) is 0 Å². The van der Waals surface area contributed by atoms with E-state index in [1.165, 1.54) is 6.92 Å². The van der Waals surface area contributed by atoms with Crippen molar-refractivity contribution in [3.63, 3.8) is 0 Å². The highest BCUT2D eigenvalue weighted by Crippen LogP contribution is 2.09. The largest absolute Gasteiger partial charge is 0.481 e. The summed E-state index contributed by atoms with van der Waals surface area (Å²) in [7, 11) is 0. The van der Waals surface area contributed by atoms with E-state index >= 15 is 0 Å². The minimum atomic E-state index is -1.72. The third kappa shape index (κ3) is 16.8. The van der Waals surface area contributed by atoms with Gasteiger partial charge in [0.05, 0.1) is 31.8 Å². The third-order valence-electron chi connectivity index (χ3n) is 7.08. The number of aliphatic hydroxyl groups excluding tert-OH is 3. The number of carbonyl (C=O) groups excluding carboxylic acids is 6. The highest BCUT2D eigenvalue weighted by Gasteiger charge is 2.34. The normalized spacial score (nSPS) is 15.9. The molecule has 0 aromatic heterocycles. The topological polar surface area (TPSA) is 362 Å².